The third kappa shape index (κ3) is 2.60. The lowest BCUT2D eigenvalue weighted by molar-refractivity contribution is 0.0993. The van der Waals surface area contributed by atoms with Crippen LogP contribution in [0, 0.1) is 0 Å². The molecule has 0 spiro atoms. The number of hydrogen-bond donors (Lipinski definition) is 0. The van der Waals surface area contributed by atoms with E-state index in [1.165, 1.54) is 17.2 Å². The fourth-order valence-corrected chi connectivity index (χ4v) is 1.77. The Morgan fingerprint density at radius 3 is 2.78 bits per heavy atom. The Bertz CT molecular complexity index is 575. The summed E-state index contributed by atoms with van der Waals surface area (Å²) in [6, 6.07) is 4.97. The second-order valence-corrected chi connectivity index (χ2v) is 4.36. The zero-order valence-electron chi connectivity index (χ0n) is 9.47. The number of amides is 1. The molecular formula is C12H9Cl2N3O. The predicted octanol–water partition coefficient (Wildman–Crippen LogP) is 3.06. The molecule has 0 radical (unpaired) electrons. The number of carbonyl (C=O) groups is 1. The van der Waals surface area contributed by atoms with Gasteiger partial charge >= 0.3 is 0 Å². The molecule has 0 aliphatic carbocycles. The van der Waals surface area contributed by atoms with E-state index in [0.717, 1.165) is 0 Å². The van der Waals surface area contributed by atoms with Crippen molar-refractivity contribution < 1.29 is 4.79 Å². The van der Waals surface area contributed by atoms with Crippen LogP contribution in [0.1, 0.15) is 10.4 Å². The number of carbonyl (C=O) groups excluding carboxylic acids is 1. The maximum atomic E-state index is 12.2. The summed E-state index contributed by atoms with van der Waals surface area (Å²) in [4.78, 5) is 21.5. The molecule has 2 aromatic rings. The van der Waals surface area contributed by atoms with Gasteiger partial charge in [-0.3, -0.25) is 9.78 Å². The quantitative estimate of drug-likeness (QED) is 0.795. The molecule has 0 saturated carbocycles. The van der Waals surface area contributed by atoms with Crippen molar-refractivity contribution in [2.75, 3.05) is 11.9 Å². The van der Waals surface area contributed by atoms with Gasteiger partial charge in [0.2, 0.25) is 0 Å². The van der Waals surface area contributed by atoms with Gasteiger partial charge in [0.1, 0.15) is 5.15 Å². The Hall–Kier alpha value is -1.65. The summed E-state index contributed by atoms with van der Waals surface area (Å²) in [5.41, 5.74) is 0.981. The molecule has 0 unspecified atom stereocenters. The molecule has 0 atom stereocenters. The fourth-order valence-electron chi connectivity index (χ4n) is 1.43. The van der Waals surface area contributed by atoms with E-state index >= 15 is 0 Å². The summed E-state index contributed by atoms with van der Waals surface area (Å²) in [5, 5.41) is 0.488. The predicted molar refractivity (Wildman–Crippen MR) is 71.2 cm³/mol. The molecule has 0 aliphatic heterocycles. The van der Waals surface area contributed by atoms with Gasteiger partial charge in [-0.1, -0.05) is 23.2 Å². The van der Waals surface area contributed by atoms with Crippen LogP contribution in [0.25, 0.3) is 0 Å². The van der Waals surface area contributed by atoms with E-state index < -0.39 is 0 Å². The van der Waals surface area contributed by atoms with Crippen molar-refractivity contribution in [2.24, 2.45) is 0 Å². The minimum Gasteiger partial charge on any atom is -0.310 e. The number of anilines is 1. The van der Waals surface area contributed by atoms with E-state index in [9.17, 15) is 4.79 Å². The van der Waals surface area contributed by atoms with Gasteiger partial charge in [0.05, 0.1) is 22.5 Å². The van der Waals surface area contributed by atoms with Crippen LogP contribution >= 0.6 is 23.2 Å². The SMILES string of the molecule is CN(C(=O)c1cc(Cl)ncc1Cl)c1cccnc1. The monoisotopic (exact) mass is 281 g/mol. The van der Waals surface area contributed by atoms with E-state index in [0.29, 0.717) is 11.3 Å². The maximum Gasteiger partial charge on any atom is 0.259 e. The van der Waals surface area contributed by atoms with Gasteiger partial charge in [0.25, 0.3) is 5.91 Å². The highest BCUT2D eigenvalue weighted by atomic mass is 35.5. The first-order valence-electron chi connectivity index (χ1n) is 5.08. The molecule has 2 rings (SSSR count). The molecule has 0 bridgehead atoms. The van der Waals surface area contributed by atoms with Crippen LogP contribution in [0.3, 0.4) is 0 Å². The molecule has 4 nitrogen and oxygen atoms in total. The first kappa shape index (κ1) is 12.8. The van der Waals surface area contributed by atoms with Crippen LogP contribution in [0.5, 0.6) is 0 Å². The summed E-state index contributed by atoms with van der Waals surface area (Å²) in [6.45, 7) is 0. The van der Waals surface area contributed by atoms with Crippen molar-refractivity contribution in [3.05, 3.63) is 52.5 Å². The number of aromatic nitrogens is 2. The van der Waals surface area contributed by atoms with Crippen molar-refractivity contribution in [1.82, 2.24) is 9.97 Å². The largest absolute Gasteiger partial charge is 0.310 e. The Labute approximate surface area is 114 Å². The van der Waals surface area contributed by atoms with E-state index in [1.807, 2.05) is 0 Å². The molecule has 6 heteroatoms. The molecular weight excluding hydrogens is 273 g/mol. The second-order valence-electron chi connectivity index (χ2n) is 3.56. The van der Waals surface area contributed by atoms with E-state index in [-0.39, 0.29) is 16.1 Å². The van der Waals surface area contributed by atoms with Crippen molar-refractivity contribution in [1.29, 1.82) is 0 Å². The molecule has 0 N–H and O–H groups in total. The summed E-state index contributed by atoms with van der Waals surface area (Å²) >= 11 is 11.7. The smallest absolute Gasteiger partial charge is 0.259 e. The van der Waals surface area contributed by atoms with Crippen molar-refractivity contribution in [3.63, 3.8) is 0 Å². The van der Waals surface area contributed by atoms with Crippen LogP contribution in [0.4, 0.5) is 5.69 Å². The zero-order chi connectivity index (χ0) is 13.1. The van der Waals surface area contributed by atoms with Gasteiger partial charge < -0.3 is 4.90 Å². The number of nitrogens with zero attached hydrogens (tertiary/aromatic N) is 3. The highest BCUT2D eigenvalue weighted by Crippen LogP contribution is 2.21. The number of pyridine rings is 2. The lowest BCUT2D eigenvalue weighted by atomic mass is 10.2. The van der Waals surface area contributed by atoms with Gasteiger partial charge in [-0.05, 0) is 18.2 Å². The van der Waals surface area contributed by atoms with Gasteiger partial charge in [0, 0.05) is 19.4 Å². The van der Waals surface area contributed by atoms with Crippen LogP contribution in [0.15, 0.2) is 36.8 Å². The first-order valence-corrected chi connectivity index (χ1v) is 5.84. The van der Waals surface area contributed by atoms with Crippen LogP contribution in [0.2, 0.25) is 10.2 Å². The minimum atomic E-state index is -0.266. The summed E-state index contributed by atoms with van der Waals surface area (Å²) in [5.74, 6) is -0.266. The Balaban J connectivity index is 2.34. The van der Waals surface area contributed by atoms with Crippen LogP contribution < -0.4 is 4.90 Å². The van der Waals surface area contributed by atoms with Gasteiger partial charge in [-0.2, -0.15) is 0 Å². The number of hydrogen-bond acceptors (Lipinski definition) is 3. The third-order valence-electron chi connectivity index (χ3n) is 2.39. The average Bonchev–Trinajstić information content (AvgIpc) is 2.41. The Morgan fingerprint density at radius 1 is 1.33 bits per heavy atom. The van der Waals surface area contributed by atoms with E-state index in [1.54, 1.807) is 31.6 Å². The molecule has 1 amide bonds. The standard InChI is InChI=1S/C12H9Cl2N3O/c1-17(8-3-2-4-15-6-8)12(18)9-5-11(14)16-7-10(9)13/h2-7H,1H3. The summed E-state index contributed by atoms with van der Waals surface area (Å²) < 4.78 is 0. The van der Waals surface area contributed by atoms with Crippen LogP contribution in [-0.4, -0.2) is 22.9 Å². The third-order valence-corrected chi connectivity index (χ3v) is 2.90. The zero-order valence-corrected chi connectivity index (χ0v) is 11.0. The van der Waals surface area contributed by atoms with Gasteiger partial charge in [0.15, 0.2) is 0 Å². The highest BCUT2D eigenvalue weighted by Gasteiger charge is 2.17. The lowest BCUT2D eigenvalue weighted by Crippen LogP contribution is -2.26. The number of halogens is 2. The normalized spacial score (nSPS) is 10.2. The highest BCUT2D eigenvalue weighted by molar-refractivity contribution is 6.35. The maximum absolute atomic E-state index is 12.2. The molecule has 0 aromatic carbocycles. The van der Waals surface area contributed by atoms with E-state index in [4.69, 9.17) is 23.2 Å². The molecule has 2 heterocycles. The topological polar surface area (TPSA) is 46.1 Å². The second kappa shape index (κ2) is 5.33. The first-order chi connectivity index (χ1) is 8.59. The Kier molecular flexibility index (Phi) is 3.79. The molecule has 2 aromatic heterocycles. The average molecular weight is 282 g/mol. The summed E-state index contributed by atoms with van der Waals surface area (Å²) in [6.07, 6.45) is 4.58. The van der Waals surface area contributed by atoms with Crippen molar-refractivity contribution in [2.45, 2.75) is 0 Å². The fraction of sp³-hybridized carbons (Fsp3) is 0.0833. The molecule has 0 aliphatic rings. The Morgan fingerprint density at radius 2 is 2.11 bits per heavy atom. The van der Waals surface area contributed by atoms with Crippen LogP contribution in [-0.2, 0) is 0 Å². The summed E-state index contributed by atoms with van der Waals surface area (Å²) in [7, 11) is 1.64. The van der Waals surface area contributed by atoms with Crippen molar-refractivity contribution in [3.8, 4) is 0 Å². The number of rotatable bonds is 2. The van der Waals surface area contributed by atoms with Crippen molar-refractivity contribution >= 4 is 34.8 Å². The van der Waals surface area contributed by atoms with Gasteiger partial charge in [-0.25, -0.2) is 4.98 Å². The molecule has 18 heavy (non-hydrogen) atoms. The lowest BCUT2D eigenvalue weighted by Gasteiger charge is -2.17. The minimum absolute atomic E-state index is 0.224. The molecule has 92 valence electrons. The van der Waals surface area contributed by atoms with Gasteiger partial charge in [-0.15, -0.1) is 0 Å². The molecule has 0 saturated heterocycles. The van der Waals surface area contributed by atoms with E-state index in [2.05, 4.69) is 9.97 Å². The molecule has 0 fully saturated rings.